The summed E-state index contributed by atoms with van der Waals surface area (Å²) in [6.07, 6.45) is 5.54. The van der Waals surface area contributed by atoms with Crippen LogP contribution in [-0.4, -0.2) is 64.0 Å². The van der Waals surface area contributed by atoms with Crippen molar-refractivity contribution in [1.82, 2.24) is 38.8 Å². The van der Waals surface area contributed by atoms with Gasteiger partial charge in [0, 0.05) is 32.2 Å². The summed E-state index contributed by atoms with van der Waals surface area (Å²) in [5.74, 6) is 0.607. The number of nitriles is 1. The van der Waals surface area contributed by atoms with Crippen LogP contribution in [0.15, 0.2) is 29.3 Å². The molecule has 3 atom stereocenters. The zero-order valence-electron chi connectivity index (χ0n) is 21.5. The first-order valence-electron chi connectivity index (χ1n) is 12.5. The van der Waals surface area contributed by atoms with Gasteiger partial charge in [-0.1, -0.05) is 13.8 Å². The summed E-state index contributed by atoms with van der Waals surface area (Å²) in [6, 6.07) is 6.73. The van der Waals surface area contributed by atoms with Crippen molar-refractivity contribution >= 4 is 22.5 Å². The molecule has 36 heavy (non-hydrogen) atoms. The van der Waals surface area contributed by atoms with Crippen LogP contribution in [0.1, 0.15) is 51.0 Å². The van der Waals surface area contributed by atoms with E-state index in [0.29, 0.717) is 16.9 Å². The van der Waals surface area contributed by atoms with Crippen LogP contribution < -0.4 is 10.6 Å². The summed E-state index contributed by atoms with van der Waals surface area (Å²) in [6.45, 7) is 10.2. The van der Waals surface area contributed by atoms with E-state index in [4.69, 9.17) is 10.4 Å². The minimum absolute atomic E-state index is 0.115. The lowest BCUT2D eigenvalue weighted by molar-refractivity contribution is 0.0981. The largest absolute Gasteiger partial charge is 0.349 e. The Morgan fingerprint density at radius 1 is 1.11 bits per heavy atom. The number of hydrogen-bond donors (Lipinski definition) is 0. The number of hydrogen-bond acceptors (Lipinski definition) is 8. The Balaban J connectivity index is 1.50. The molecule has 0 spiro atoms. The first-order chi connectivity index (χ1) is 17.3. The van der Waals surface area contributed by atoms with Gasteiger partial charge in [0.05, 0.1) is 41.4 Å². The summed E-state index contributed by atoms with van der Waals surface area (Å²) in [5.41, 5.74) is 3.83. The smallest absolute Gasteiger partial charge is 0.349 e. The molecule has 4 aromatic heterocycles. The quantitative estimate of drug-likeness (QED) is 0.407. The van der Waals surface area contributed by atoms with Gasteiger partial charge in [-0.05, 0) is 38.8 Å². The van der Waals surface area contributed by atoms with Crippen LogP contribution in [0.5, 0.6) is 0 Å². The van der Waals surface area contributed by atoms with Crippen molar-refractivity contribution in [3.8, 4) is 6.07 Å². The average molecular weight is 489 g/mol. The first-order valence-corrected chi connectivity index (χ1v) is 12.5. The predicted molar refractivity (Wildman–Crippen MR) is 137 cm³/mol. The maximum Gasteiger partial charge on any atom is 0.349 e. The number of nitrogens with zero attached hydrogens (tertiary/aromatic N) is 10. The molecular weight excluding hydrogens is 456 g/mol. The number of rotatable bonds is 6. The van der Waals surface area contributed by atoms with Crippen molar-refractivity contribution in [2.24, 2.45) is 7.05 Å². The molecule has 0 amide bonds. The molecule has 1 fully saturated rings. The van der Waals surface area contributed by atoms with Gasteiger partial charge in [-0.2, -0.15) is 20.4 Å². The first kappa shape index (κ1) is 23.9. The molecular formula is C25H32N10O. The van der Waals surface area contributed by atoms with Crippen LogP contribution in [0.25, 0.3) is 16.7 Å². The Morgan fingerprint density at radius 2 is 1.89 bits per heavy atom. The number of fused-ring (bicyclic) bond motifs is 2. The van der Waals surface area contributed by atoms with Gasteiger partial charge in [0.2, 0.25) is 0 Å². The summed E-state index contributed by atoms with van der Waals surface area (Å²) >= 11 is 0. The lowest BCUT2D eigenvalue weighted by Crippen LogP contribution is -2.59. The van der Waals surface area contributed by atoms with Gasteiger partial charge in [-0.15, -0.1) is 0 Å². The molecule has 4 aromatic rings. The van der Waals surface area contributed by atoms with E-state index in [9.17, 15) is 4.79 Å². The third-order valence-corrected chi connectivity index (χ3v) is 7.38. The monoisotopic (exact) mass is 488 g/mol. The molecule has 0 radical (unpaired) electrons. The van der Waals surface area contributed by atoms with Gasteiger partial charge in [-0.25, -0.2) is 14.3 Å². The Hall–Kier alpha value is -3.78. The highest BCUT2D eigenvalue weighted by Gasteiger charge is 2.37. The summed E-state index contributed by atoms with van der Waals surface area (Å²) < 4.78 is 4.93. The van der Waals surface area contributed by atoms with Gasteiger partial charge >= 0.3 is 5.69 Å². The van der Waals surface area contributed by atoms with E-state index in [-0.39, 0.29) is 30.4 Å². The van der Waals surface area contributed by atoms with Crippen molar-refractivity contribution in [2.45, 2.75) is 65.2 Å². The third kappa shape index (κ3) is 4.01. The SMILES string of the molecule is CC[C@H]1CN(C(C)c2ccc3nc(C)cn3n2)[C@H](CC)CN1c1nc(=O)n(C)c2cn(CC#N)nc12. The van der Waals surface area contributed by atoms with Crippen molar-refractivity contribution < 1.29 is 0 Å². The normalized spacial score (nSPS) is 19.7. The van der Waals surface area contributed by atoms with Crippen molar-refractivity contribution in [3.05, 3.63) is 46.4 Å². The molecule has 11 nitrogen and oxygen atoms in total. The Morgan fingerprint density at radius 3 is 2.61 bits per heavy atom. The standard InChI is InChI=1S/C25H32N10O/c1-6-18-14-34(24-23-21(31(5)25(36)28-24)15-32(30-23)11-10-26)19(7-2)13-33(18)17(4)20-8-9-22-27-16(3)12-35(22)29-20/h8-9,12,15,17-19H,6-7,11,13-14H2,1-5H3/t17?,18-,19+/m1/s1. The number of aryl methyl sites for hydroxylation is 2. The van der Waals surface area contributed by atoms with Crippen LogP contribution in [-0.2, 0) is 13.6 Å². The van der Waals surface area contributed by atoms with E-state index in [2.05, 4.69) is 57.8 Å². The molecule has 0 N–H and O–H groups in total. The molecule has 1 aliphatic rings. The molecule has 11 heteroatoms. The number of aromatic nitrogens is 7. The molecule has 188 valence electrons. The second-order valence-corrected chi connectivity index (χ2v) is 9.59. The highest BCUT2D eigenvalue weighted by atomic mass is 16.1. The van der Waals surface area contributed by atoms with Crippen LogP contribution >= 0.6 is 0 Å². The molecule has 0 aromatic carbocycles. The van der Waals surface area contributed by atoms with Crippen molar-refractivity contribution in [1.29, 1.82) is 5.26 Å². The lowest BCUT2D eigenvalue weighted by atomic mass is 9.99. The molecule has 0 saturated carbocycles. The molecule has 0 aliphatic carbocycles. The summed E-state index contributed by atoms with van der Waals surface area (Å²) in [7, 11) is 1.69. The van der Waals surface area contributed by atoms with Gasteiger partial charge in [0.25, 0.3) is 0 Å². The molecule has 5 rings (SSSR count). The topological polar surface area (TPSA) is 113 Å². The van der Waals surface area contributed by atoms with Gasteiger partial charge < -0.3 is 4.90 Å². The third-order valence-electron chi connectivity index (χ3n) is 7.38. The molecule has 1 saturated heterocycles. The Bertz CT molecular complexity index is 1510. The van der Waals surface area contributed by atoms with Crippen molar-refractivity contribution in [2.75, 3.05) is 18.0 Å². The zero-order valence-corrected chi connectivity index (χ0v) is 21.5. The average Bonchev–Trinajstić information content (AvgIpc) is 3.47. The van der Waals surface area contributed by atoms with Crippen LogP contribution in [0.2, 0.25) is 0 Å². The molecule has 5 heterocycles. The van der Waals surface area contributed by atoms with Crippen LogP contribution in [0.4, 0.5) is 5.82 Å². The lowest BCUT2D eigenvalue weighted by Gasteiger charge is -2.48. The summed E-state index contributed by atoms with van der Waals surface area (Å²) in [4.78, 5) is 26.5. The van der Waals surface area contributed by atoms with Crippen LogP contribution in [0, 0.1) is 18.3 Å². The van der Waals surface area contributed by atoms with E-state index in [1.54, 1.807) is 17.9 Å². The summed E-state index contributed by atoms with van der Waals surface area (Å²) in [5, 5.41) is 18.6. The van der Waals surface area contributed by atoms with Gasteiger partial charge in [0.15, 0.2) is 17.0 Å². The highest BCUT2D eigenvalue weighted by molar-refractivity contribution is 5.85. The Labute approximate surface area is 209 Å². The van der Waals surface area contributed by atoms with Crippen LogP contribution in [0.3, 0.4) is 0 Å². The van der Waals surface area contributed by atoms with E-state index >= 15 is 0 Å². The molecule has 1 unspecified atom stereocenters. The fraction of sp³-hybridized carbons (Fsp3) is 0.520. The maximum absolute atomic E-state index is 12.8. The second-order valence-electron chi connectivity index (χ2n) is 9.59. The number of piperazine rings is 1. The second kappa shape index (κ2) is 9.35. The van der Waals surface area contributed by atoms with Gasteiger partial charge in [0.1, 0.15) is 6.54 Å². The van der Waals surface area contributed by atoms with Gasteiger partial charge in [-0.3, -0.25) is 14.1 Å². The maximum atomic E-state index is 12.8. The van der Waals surface area contributed by atoms with Crippen molar-refractivity contribution in [3.63, 3.8) is 0 Å². The van der Waals surface area contributed by atoms with E-state index in [0.717, 1.165) is 43.0 Å². The zero-order chi connectivity index (χ0) is 25.6. The predicted octanol–water partition coefficient (Wildman–Crippen LogP) is 2.45. The Kier molecular flexibility index (Phi) is 6.22. The number of anilines is 1. The molecule has 0 bridgehead atoms. The molecule has 1 aliphatic heterocycles. The minimum atomic E-state index is -0.319. The highest BCUT2D eigenvalue weighted by Crippen LogP contribution is 2.33. The minimum Gasteiger partial charge on any atom is -0.349 e. The fourth-order valence-electron chi connectivity index (χ4n) is 5.32. The van der Waals surface area contributed by atoms with E-state index < -0.39 is 0 Å². The van der Waals surface area contributed by atoms with E-state index in [1.165, 1.54) is 4.57 Å². The fourth-order valence-corrected chi connectivity index (χ4v) is 5.32. The number of imidazole rings is 1. The van der Waals surface area contributed by atoms with E-state index in [1.807, 2.05) is 23.7 Å².